The van der Waals surface area contributed by atoms with Crippen molar-refractivity contribution in [3.8, 4) is 16.9 Å². The van der Waals surface area contributed by atoms with E-state index < -0.39 is 6.36 Å². The standard InChI is InChI=1S/C17H17F3O2/c1-11(2)13-4-3-5-14(9-13)15-8-12(10-21)6-7-16(15)22-17(18,19)20/h3-9,11,21H,10H2,1-2H3. The number of alkyl halides is 3. The minimum absolute atomic E-state index is 0.247. The molecule has 22 heavy (non-hydrogen) atoms. The number of benzene rings is 2. The smallest absolute Gasteiger partial charge is 0.405 e. The molecule has 0 atom stereocenters. The van der Waals surface area contributed by atoms with Gasteiger partial charge in [-0.25, -0.2) is 0 Å². The van der Waals surface area contributed by atoms with Crippen molar-refractivity contribution in [1.82, 2.24) is 0 Å². The SMILES string of the molecule is CC(C)c1cccc(-c2cc(CO)ccc2OC(F)(F)F)c1. The maximum Gasteiger partial charge on any atom is 0.573 e. The van der Waals surface area contributed by atoms with E-state index in [1.54, 1.807) is 12.1 Å². The molecule has 1 N–H and O–H groups in total. The van der Waals surface area contributed by atoms with Gasteiger partial charge in [-0.05, 0) is 34.7 Å². The zero-order chi connectivity index (χ0) is 16.3. The van der Waals surface area contributed by atoms with Gasteiger partial charge >= 0.3 is 6.36 Å². The Morgan fingerprint density at radius 1 is 1.09 bits per heavy atom. The minimum atomic E-state index is -4.76. The molecule has 0 saturated heterocycles. The summed E-state index contributed by atoms with van der Waals surface area (Å²) in [5, 5.41) is 9.21. The molecule has 0 bridgehead atoms. The lowest BCUT2D eigenvalue weighted by Gasteiger charge is -2.15. The molecule has 0 aromatic heterocycles. The van der Waals surface area contributed by atoms with Crippen molar-refractivity contribution < 1.29 is 23.0 Å². The van der Waals surface area contributed by atoms with Crippen LogP contribution in [0.3, 0.4) is 0 Å². The van der Waals surface area contributed by atoms with Crippen molar-refractivity contribution in [2.75, 3.05) is 0 Å². The number of aliphatic hydroxyl groups excluding tert-OH is 1. The summed E-state index contributed by atoms with van der Waals surface area (Å²) in [4.78, 5) is 0. The summed E-state index contributed by atoms with van der Waals surface area (Å²) in [5.41, 5.74) is 2.48. The van der Waals surface area contributed by atoms with Gasteiger partial charge in [0.15, 0.2) is 0 Å². The largest absolute Gasteiger partial charge is 0.573 e. The van der Waals surface area contributed by atoms with Crippen LogP contribution >= 0.6 is 0 Å². The van der Waals surface area contributed by atoms with E-state index in [2.05, 4.69) is 4.74 Å². The predicted octanol–water partition coefficient (Wildman–Crippen LogP) is 4.87. The highest BCUT2D eigenvalue weighted by Gasteiger charge is 2.32. The lowest BCUT2D eigenvalue weighted by Crippen LogP contribution is -2.17. The molecule has 2 aromatic carbocycles. The first kappa shape index (κ1) is 16.4. The van der Waals surface area contributed by atoms with Gasteiger partial charge in [-0.15, -0.1) is 13.2 Å². The zero-order valence-electron chi connectivity index (χ0n) is 12.3. The molecule has 2 aromatic rings. The van der Waals surface area contributed by atoms with Gasteiger partial charge in [0.2, 0.25) is 0 Å². The van der Waals surface area contributed by atoms with Crippen LogP contribution in [-0.2, 0) is 6.61 Å². The fourth-order valence-electron chi connectivity index (χ4n) is 2.18. The molecular formula is C17H17F3O2. The molecule has 2 nitrogen and oxygen atoms in total. The molecule has 0 heterocycles. The molecule has 0 spiro atoms. The van der Waals surface area contributed by atoms with Gasteiger partial charge in [0.25, 0.3) is 0 Å². The van der Waals surface area contributed by atoms with Gasteiger partial charge in [0.1, 0.15) is 5.75 Å². The van der Waals surface area contributed by atoms with Crippen LogP contribution in [0.25, 0.3) is 11.1 Å². The third-order valence-corrected chi connectivity index (χ3v) is 3.32. The summed E-state index contributed by atoms with van der Waals surface area (Å²) in [6.45, 7) is 3.77. The molecule has 2 rings (SSSR count). The fourth-order valence-corrected chi connectivity index (χ4v) is 2.18. The molecule has 0 aliphatic carbocycles. The van der Waals surface area contributed by atoms with Crippen molar-refractivity contribution >= 4 is 0 Å². The van der Waals surface area contributed by atoms with Crippen LogP contribution in [0.4, 0.5) is 13.2 Å². The fraction of sp³-hybridized carbons (Fsp3) is 0.294. The first-order valence-corrected chi connectivity index (χ1v) is 6.90. The molecular weight excluding hydrogens is 293 g/mol. The Hall–Kier alpha value is -2.01. The summed E-state index contributed by atoms with van der Waals surface area (Å²) < 4.78 is 41.8. The maximum atomic E-state index is 12.6. The third-order valence-electron chi connectivity index (χ3n) is 3.32. The first-order valence-electron chi connectivity index (χ1n) is 6.90. The summed E-state index contributed by atoms with van der Waals surface area (Å²) in [6, 6.07) is 11.5. The van der Waals surface area contributed by atoms with Crippen molar-refractivity contribution in [2.24, 2.45) is 0 Å². The molecule has 118 valence electrons. The Balaban J connectivity index is 2.53. The van der Waals surface area contributed by atoms with Crippen LogP contribution in [0.15, 0.2) is 42.5 Å². The van der Waals surface area contributed by atoms with Gasteiger partial charge in [-0.2, -0.15) is 0 Å². The van der Waals surface area contributed by atoms with E-state index in [0.717, 1.165) is 5.56 Å². The molecule has 0 saturated carbocycles. The number of ether oxygens (including phenoxy) is 1. The van der Waals surface area contributed by atoms with E-state index in [9.17, 15) is 18.3 Å². The number of aliphatic hydroxyl groups is 1. The van der Waals surface area contributed by atoms with Gasteiger partial charge in [0, 0.05) is 5.56 Å². The van der Waals surface area contributed by atoms with Crippen molar-refractivity contribution in [1.29, 1.82) is 0 Å². The van der Waals surface area contributed by atoms with Crippen LogP contribution in [0.1, 0.15) is 30.9 Å². The minimum Gasteiger partial charge on any atom is -0.405 e. The lowest BCUT2D eigenvalue weighted by molar-refractivity contribution is -0.274. The van der Waals surface area contributed by atoms with Gasteiger partial charge in [0.05, 0.1) is 6.61 Å². The second-order valence-electron chi connectivity index (χ2n) is 5.32. The van der Waals surface area contributed by atoms with E-state index in [0.29, 0.717) is 16.7 Å². The Kier molecular flexibility index (Phi) is 4.76. The Morgan fingerprint density at radius 2 is 1.82 bits per heavy atom. The number of rotatable bonds is 4. The Morgan fingerprint density at radius 3 is 2.41 bits per heavy atom. The molecule has 0 unspecified atom stereocenters. The molecule has 5 heteroatoms. The quantitative estimate of drug-likeness (QED) is 0.873. The van der Waals surface area contributed by atoms with Crippen LogP contribution in [0, 0.1) is 0 Å². The van der Waals surface area contributed by atoms with E-state index >= 15 is 0 Å². The average molecular weight is 310 g/mol. The van der Waals surface area contributed by atoms with E-state index in [1.807, 2.05) is 26.0 Å². The van der Waals surface area contributed by atoms with Crippen molar-refractivity contribution in [3.63, 3.8) is 0 Å². The van der Waals surface area contributed by atoms with Gasteiger partial charge in [-0.3, -0.25) is 0 Å². The molecule has 0 aliphatic rings. The predicted molar refractivity (Wildman–Crippen MR) is 78.6 cm³/mol. The summed E-state index contributed by atoms with van der Waals surface area (Å²) in [6.07, 6.45) is -4.76. The molecule has 0 aliphatic heterocycles. The van der Waals surface area contributed by atoms with E-state index in [-0.39, 0.29) is 18.3 Å². The van der Waals surface area contributed by atoms with Crippen LogP contribution in [0.2, 0.25) is 0 Å². The lowest BCUT2D eigenvalue weighted by atomic mass is 9.96. The van der Waals surface area contributed by atoms with Crippen LogP contribution < -0.4 is 4.74 Å². The molecule has 0 radical (unpaired) electrons. The third kappa shape index (κ3) is 4.01. The summed E-state index contributed by atoms with van der Waals surface area (Å²) >= 11 is 0. The Bertz CT molecular complexity index is 649. The second-order valence-corrected chi connectivity index (χ2v) is 5.32. The number of hydrogen-bond donors (Lipinski definition) is 1. The van der Waals surface area contributed by atoms with E-state index in [1.165, 1.54) is 18.2 Å². The summed E-state index contributed by atoms with van der Waals surface area (Å²) in [7, 11) is 0. The normalized spacial score (nSPS) is 11.8. The maximum absolute atomic E-state index is 12.6. The highest BCUT2D eigenvalue weighted by Crippen LogP contribution is 2.35. The van der Waals surface area contributed by atoms with Crippen molar-refractivity contribution in [2.45, 2.75) is 32.7 Å². The summed E-state index contributed by atoms with van der Waals surface area (Å²) in [5.74, 6) is -0.0152. The molecule has 0 amide bonds. The van der Waals surface area contributed by atoms with Crippen molar-refractivity contribution in [3.05, 3.63) is 53.6 Å². The van der Waals surface area contributed by atoms with Crippen LogP contribution in [-0.4, -0.2) is 11.5 Å². The second kappa shape index (κ2) is 6.40. The Labute approximate surface area is 127 Å². The first-order chi connectivity index (χ1) is 10.3. The zero-order valence-corrected chi connectivity index (χ0v) is 12.3. The average Bonchev–Trinajstić information content (AvgIpc) is 2.46. The van der Waals surface area contributed by atoms with E-state index in [4.69, 9.17) is 0 Å². The highest BCUT2D eigenvalue weighted by molar-refractivity contribution is 5.72. The molecule has 0 fully saturated rings. The van der Waals surface area contributed by atoms with Crippen LogP contribution in [0.5, 0.6) is 5.75 Å². The van der Waals surface area contributed by atoms with Gasteiger partial charge < -0.3 is 9.84 Å². The van der Waals surface area contributed by atoms with Gasteiger partial charge in [-0.1, -0.05) is 44.2 Å². The monoisotopic (exact) mass is 310 g/mol. The number of hydrogen-bond acceptors (Lipinski definition) is 2. The highest BCUT2D eigenvalue weighted by atomic mass is 19.4. The topological polar surface area (TPSA) is 29.5 Å². The number of halogens is 3.